The lowest BCUT2D eigenvalue weighted by molar-refractivity contribution is -0.182. The van der Waals surface area contributed by atoms with Crippen LogP contribution in [0.2, 0.25) is 0 Å². The molecule has 13 heteroatoms. The lowest BCUT2D eigenvalue weighted by atomic mass is 9.98. The number of aromatic nitrogens is 1. The first-order chi connectivity index (χ1) is 19.7. The van der Waals surface area contributed by atoms with Gasteiger partial charge in [-0.1, -0.05) is 23.7 Å². The van der Waals surface area contributed by atoms with E-state index in [0.29, 0.717) is 6.07 Å². The van der Waals surface area contributed by atoms with Crippen LogP contribution in [-0.2, 0) is 26.3 Å². The highest BCUT2D eigenvalue weighted by Crippen LogP contribution is 2.35. The molecule has 1 unspecified atom stereocenters. The van der Waals surface area contributed by atoms with Gasteiger partial charge >= 0.3 is 17.9 Å². The summed E-state index contributed by atoms with van der Waals surface area (Å²) in [6, 6.07) is 14.4. The molecule has 0 aliphatic heterocycles. The van der Waals surface area contributed by atoms with Crippen molar-refractivity contribution in [1.82, 2.24) is 10.5 Å². The molecule has 0 bridgehead atoms. The van der Waals surface area contributed by atoms with Gasteiger partial charge in [-0.25, -0.2) is 18.6 Å². The predicted octanol–water partition coefficient (Wildman–Crippen LogP) is 7.07. The second kappa shape index (κ2) is 11.9. The Balaban J connectivity index is 1.82. The molecule has 0 spiro atoms. The second-order valence-electron chi connectivity index (χ2n) is 10.0. The molecular formula is C29H24F5N3O4S. The van der Waals surface area contributed by atoms with Crippen LogP contribution in [0.3, 0.4) is 0 Å². The Morgan fingerprint density at radius 1 is 0.905 bits per heavy atom. The summed E-state index contributed by atoms with van der Waals surface area (Å²) in [6.45, 7) is 4.70. The summed E-state index contributed by atoms with van der Waals surface area (Å²) < 4.78 is 73.4. The number of hydrogen-bond acceptors (Lipinski definition) is 7. The number of para-hydroxylation sites is 1. The lowest BCUT2D eigenvalue weighted by Crippen LogP contribution is -2.57. The molecule has 0 saturated carbocycles. The van der Waals surface area contributed by atoms with Gasteiger partial charge in [-0.3, -0.25) is 4.79 Å². The van der Waals surface area contributed by atoms with E-state index >= 15 is 0 Å². The van der Waals surface area contributed by atoms with Crippen LogP contribution in [0.25, 0.3) is 11.3 Å². The Bertz CT molecular complexity index is 1570. The molecule has 4 rings (SSSR count). The highest BCUT2D eigenvalue weighted by atomic mass is 32.1. The minimum absolute atomic E-state index is 0.0137. The highest BCUT2D eigenvalue weighted by Gasteiger charge is 2.49. The lowest BCUT2D eigenvalue weighted by Gasteiger charge is -2.32. The first kappa shape index (κ1) is 30.6. The number of thiazole rings is 1. The maximum absolute atomic E-state index is 14.6. The number of ether oxygens (including phenoxy) is 1. The third-order valence-electron chi connectivity index (χ3n) is 5.72. The van der Waals surface area contributed by atoms with Gasteiger partial charge in [0.05, 0.1) is 16.7 Å². The number of anilines is 1. The van der Waals surface area contributed by atoms with Crippen LogP contribution in [0.5, 0.6) is 5.75 Å². The fourth-order valence-electron chi connectivity index (χ4n) is 3.45. The van der Waals surface area contributed by atoms with Crippen LogP contribution < -0.4 is 15.5 Å². The van der Waals surface area contributed by atoms with E-state index in [0.717, 1.165) is 41.7 Å². The number of alkyl halides is 3. The van der Waals surface area contributed by atoms with E-state index < -0.39 is 46.4 Å². The van der Waals surface area contributed by atoms with E-state index in [-0.39, 0.29) is 27.7 Å². The predicted molar refractivity (Wildman–Crippen MR) is 145 cm³/mol. The standard InChI is InChI=1S/C29H24F5N3O4S/c1-27(2,3)26(39)41-37-28(40-20-7-5-4-6-8-20,24(38)35-19-12-9-17(10-13-19)29(32,33)34)25-36-23(16-42-25)21-14-11-18(30)15-22(21)31/h4-16,37H,1-3H3,(H,35,38). The summed E-state index contributed by atoms with van der Waals surface area (Å²) in [7, 11) is 0. The average molecular weight is 606 g/mol. The molecule has 1 amide bonds. The SMILES string of the molecule is CC(C)(C)C(=O)ONC(Oc1ccccc1)(C(=O)Nc1ccc(C(F)(F)F)cc1)c1nc(-c2ccc(F)cc2F)cs1. The number of hydrogen-bond donors (Lipinski definition) is 2. The number of hydroxylamine groups is 1. The van der Waals surface area contributed by atoms with Crippen LogP contribution in [0, 0.1) is 17.0 Å². The Kier molecular flexibility index (Phi) is 8.64. The molecule has 3 aromatic carbocycles. The quantitative estimate of drug-likeness (QED) is 0.127. The van der Waals surface area contributed by atoms with Gasteiger partial charge in [0.2, 0.25) is 0 Å². The number of halogens is 5. The molecule has 1 atom stereocenters. The minimum Gasteiger partial charge on any atom is -0.454 e. The zero-order valence-corrected chi connectivity index (χ0v) is 23.2. The van der Waals surface area contributed by atoms with Crippen molar-refractivity contribution >= 4 is 28.9 Å². The van der Waals surface area contributed by atoms with Gasteiger partial charge in [-0.15, -0.1) is 11.3 Å². The molecule has 4 aromatic rings. The van der Waals surface area contributed by atoms with Gasteiger partial charge in [0.25, 0.3) is 5.91 Å². The number of nitrogens with one attached hydrogen (secondary N) is 2. The van der Waals surface area contributed by atoms with Crippen LogP contribution in [0.1, 0.15) is 31.3 Å². The molecular weight excluding hydrogens is 581 g/mol. The van der Waals surface area contributed by atoms with Crippen LogP contribution in [-0.4, -0.2) is 16.9 Å². The van der Waals surface area contributed by atoms with Crippen molar-refractivity contribution in [3.8, 4) is 17.0 Å². The molecule has 0 aliphatic carbocycles. The fraction of sp³-hybridized carbons (Fsp3) is 0.207. The number of nitrogens with zero attached hydrogens (tertiary/aromatic N) is 1. The molecule has 220 valence electrons. The summed E-state index contributed by atoms with van der Waals surface area (Å²) in [5.74, 6) is -3.42. The molecule has 0 fully saturated rings. The Labute approximate surface area is 241 Å². The third-order valence-corrected chi connectivity index (χ3v) is 6.66. The molecule has 42 heavy (non-hydrogen) atoms. The van der Waals surface area contributed by atoms with E-state index in [1.54, 1.807) is 39.0 Å². The van der Waals surface area contributed by atoms with Gasteiger partial charge in [-0.05, 0) is 69.3 Å². The van der Waals surface area contributed by atoms with Crippen molar-refractivity contribution in [2.45, 2.75) is 32.7 Å². The van der Waals surface area contributed by atoms with Gasteiger partial charge in [0.15, 0.2) is 5.01 Å². The smallest absolute Gasteiger partial charge is 0.416 e. The number of rotatable bonds is 8. The Morgan fingerprint density at radius 2 is 1.57 bits per heavy atom. The topological polar surface area (TPSA) is 89.5 Å². The normalized spacial score (nSPS) is 13.2. The van der Waals surface area contributed by atoms with Crippen molar-refractivity contribution in [1.29, 1.82) is 0 Å². The van der Waals surface area contributed by atoms with Crippen LogP contribution >= 0.6 is 11.3 Å². The van der Waals surface area contributed by atoms with E-state index in [2.05, 4.69) is 15.8 Å². The number of carbonyl (C=O) groups excluding carboxylic acids is 2. The van der Waals surface area contributed by atoms with Gasteiger partial charge in [-0.2, -0.15) is 13.2 Å². The average Bonchev–Trinajstić information content (AvgIpc) is 3.41. The zero-order valence-electron chi connectivity index (χ0n) is 22.4. The summed E-state index contributed by atoms with van der Waals surface area (Å²) in [5, 5.41) is 3.68. The van der Waals surface area contributed by atoms with E-state index in [9.17, 15) is 31.5 Å². The maximum atomic E-state index is 14.6. The van der Waals surface area contributed by atoms with Crippen molar-refractivity contribution in [3.63, 3.8) is 0 Å². The molecule has 0 radical (unpaired) electrons. The second-order valence-corrected chi connectivity index (χ2v) is 10.9. The first-order valence-corrected chi connectivity index (χ1v) is 13.2. The largest absolute Gasteiger partial charge is 0.454 e. The fourth-order valence-corrected chi connectivity index (χ4v) is 4.35. The van der Waals surface area contributed by atoms with Crippen molar-refractivity contribution in [3.05, 3.63) is 100 Å². The number of benzene rings is 3. The molecule has 0 saturated heterocycles. The van der Waals surface area contributed by atoms with E-state index in [4.69, 9.17) is 9.57 Å². The van der Waals surface area contributed by atoms with Crippen molar-refractivity contribution in [2.75, 3.05) is 5.32 Å². The minimum atomic E-state index is -4.60. The summed E-state index contributed by atoms with van der Waals surface area (Å²) in [5.41, 5.74) is -2.12. The maximum Gasteiger partial charge on any atom is 0.416 e. The monoisotopic (exact) mass is 605 g/mol. The summed E-state index contributed by atoms with van der Waals surface area (Å²) in [4.78, 5) is 36.4. The molecule has 0 aliphatic rings. The Hall–Kier alpha value is -4.36. The van der Waals surface area contributed by atoms with E-state index in [1.165, 1.54) is 23.6 Å². The summed E-state index contributed by atoms with van der Waals surface area (Å²) >= 11 is 0.827. The van der Waals surface area contributed by atoms with Crippen LogP contribution in [0.15, 0.2) is 78.2 Å². The number of amides is 1. The van der Waals surface area contributed by atoms with E-state index in [1.807, 2.05) is 0 Å². The third kappa shape index (κ3) is 6.92. The molecule has 1 aromatic heterocycles. The molecule has 2 N–H and O–H groups in total. The van der Waals surface area contributed by atoms with Gasteiger partial charge in [0.1, 0.15) is 17.4 Å². The highest BCUT2D eigenvalue weighted by molar-refractivity contribution is 7.10. The number of carbonyl (C=O) groups is 2. The first-order valence-electron chi connectivity index (χ1n) is 12.3. The summed E-state index contributed by atoms with van der Waals surface area (Å²) in [6.07, 6.45) is -4.60. The molecule has 1 heterocycles. The van der Waals surface area contributed by atoms with Gasteiger partial charge < -0.3 is 14.9 Å². The van der Waals surface area contributed by atoms with Gasteiger partial charge in [0, 0.05) is 22.7 Å². The van der Waals surface area contributed by atoms with Crippen molar-refractivity contribution < 1.29 is 41.1 Å². The Morgan fingerprint density at radius 3 is 2.17 bits per heavy atom. The van der Waals surface area contributed by atoms with Crippen molar-refractivity contribution in [2.24, 2.45) is 5.41 Å². The molecule has 7 nitrogen and oxygen atoms in total. The van der Waals surface area contributed by atoms with Crippen LogP contribution in [0.4, 0.5) is 27.6 Å². The zero-order chi connectivity index (χ0) is 30.7.